The monoisotopic (exact) mass is 395 g/mol. The van der Waals surface area contributed by atoms with Crippen molar-refractivity contribution in [3.05, 3.63) is 120 Å². The SMILES string of the molecule is O=C(C=Cc1ccccc1)c1ccc(OCc2cn(Cc3ccccc3)nn2)cc1. The molecule has 0 aliphatic carbocycles. The van der Waals surface area contributed by atoms with E-state index < -0.39 is 0 Å². The lowest BCUT2D eigenvalue weighted by atomic mass is 10.1. The van der Waals surface area contributed by atoms with Gasteiger partial charge in [0.15, 0.2) is 5.78 Å². The third-order valence-corrected chi connectivity index (χ3v) is 4.53. The Morgan fingerprint density at radius 1 is 0.900 bits per heavy atom. The number of hydrogen-bond donors (Lipinski definition) is 0. The molecule has 0 aliphatic heterocycles. The third kappa shape index (κ3) is 5.29. The van der Waals surface area contributed by atoms with Crippen LogP contribution < -0.4 is 4.74 Å². The number of ether oxygens (including phenoxy) is 1. The summed E-state index contributed by atoms with van der Waals surface area (Å²) in [5, 5.41) is 8.29. The van der Waals surface area contributed by atoms with Crippen molar-refractivity contribution in [3.8, 4) is 5.75 Å². The van der Waals surface area contributed by atoms with Gasteiger partial charge in [-0.25, -0.2) is 4.68 Å². The van der Waals surface area contributed by atoms with Crippen molar-refractivity contribution >= 4 is 11.9 Å². The van der Waals surface area contributed by atoms with Gasteiger partial charge in [0.1, 0.15) is 18.1 Å². The molecule has 0 bridgehead atoms. The predicted octanol–water partition coefficient (Wildman–Crippen LogP) is 4.80. The quantitative estimate of drug-likeness (QED) is 0.318. The highest BCUT2D eigenvalue weighted by Crippen LogP contribution is 2.15. The van der Waals surface area contributed by atoms with E-state index in [2.05, 4.69) is 22.4 Å². The molecule has 0 fully saturated rings. The fourth-order valence-electron chi connectivity index (χ4n) is 2.96. The first-order valence-corrected chi connectivity index (χ1v) is 9.69. The largest absolute Gasteiger partial charge is 0.487 e. The molecule has 0 saturated carbocycles. The molecule has 0 unspecified atom stereocenters. The van der Waals surface area contributed by atoms with E-state index >= 15 is 0 Å². The van der Waals surface area contributed by atoms with Crippen LogP contribution in [-0.4, -0.2) is 20.8 Å². The van der Waals surface area contributed by atoms with Gasteiger partial charge in [0.25, 0.3) is 0 Å². The zero-order chi connectivity index (χ0) is 20.6. The van der Waals surface area contributed by atoms with Crippen LogP contribution in [0, 0.1) is 0 Å². The summed E-state index contributed by atoms with van der Waals surface area (Å²) >= 11 is 0. The van der Waals surface area contributed by atoms with E-state index in [4.69, 9.17) is 4.74 Å². The Balaban J connectivity index is 1.31. The summed E-state index contributed by atoms with van der Waals surface area (Å²) in [7, 11) is 0. The Morgan fingerprint density at radius 3 is 2.33 bits per heavy atom. The molecule has 0 spiro atoms. The second-order valence-electron chi connectivity index (χ2n) is 6.81. The topological polar surface area (TPSA) is 57.0 Å². The number of hydrogen-bond acceptors (Lipinski definition) is 4. The van der Waals surface area contributed by atoms with E-state index in [0.29, 0.717) is 24.5 Å². The van der Waals surface area contributed by atoms with Gasteiger partial charge >= 0.3 is 0 Å². The number of allylic oxidation sites excluding steroid dienone is 1. The van der Waals surface area contributed by atoms with E-state index in [1.165, 1.54) is 0 Å². The lowest BCUT2D eigenvalue weighted by Crippen LogP contribution is -2.00. The molecule has 0 amide bonds. The minimum atomic E-state index is -0.0470. The van der Waals surface area contributed by atoms with Crippen LogP contribution in [0.15, 0.2) is 97.2 Å². The second kappa shape index (κ2) is 9.47. The van der Waals surface area contributed by atoms with Crippen molar-refractivity contribution in [1.29, 1.82) is 0 Å². The number of rotatable bonds is 8. The molecule has 1 heterocycles. The van der Waals surface area contributed by atoms with Crippen LogP contribution in [0.25, 0.3) is 6.08 Å². The Hall–Kier alpha value is -3.99. The number of nitrogens with zero attached hydrogens (tertiary/aromatic N) is 3. The van der Waals surface area contributed by atoms with Gasteiger partial charge in [-0.1, -0.05) is 72.0 Å². The van der Waals surface area contributed by atoms with Gasteiger partial charge in [-0.15, -0.1) is 5.10 Å². The Morgan fingerprint density at radius 2 is 1.60 bits per heavy atom. The molecule has 0 aliphatic rings. The Labute approximate surface area is 175 Å². The molecular weight excluding hydrogens is 374 g/mol. The normalized spacial score (nSPS) is 10.9. The molecule has 5 nitrogen and oxygen atoms in total. The standard InChI is InChI=1S/C25H21N3O2/c29-25(16-11-20-7-3-1-4-8-20)22-12-14-24(15-13-22)30-19-23-18-28(27-26-23)17-21-9-5-2-6-10-21/h1-16,18H,17,19H2. The number of carbonyl (C=O) groups is 1. The fourth-order valence-corrected chi connectivity index (χ4v) is 2.96. The summed E-state index contributed by atoms with van der Waals surface area (Å²) in [5.41, 5.74) is 3.52. The number of carbonyl (C=O) groups excluding carboxylic acids is 1. The Bertz CT molecular complexity index is 1120. The molecule has 148 valence electrons. The van der Waals surface area contributed by atoms with Crippen LogP contribution in [0.5, 0.6) is 5.75 Å². The summed E-state index contributed by atoms with van der Waals surface area (Å²) < 4.78 is 7.56. The van der Waals surface area contributed by atoms with E-state index in [1.54, 1.807) is 35.0 Å². The van der Waals surface area contributed by atoms with Gasteiger partial charge in [-0.05, 0) is 41.5 Å². The summed E-state index contributed by atoms with van der Waals surface area (Å²) in [4.78, 5) is 12.3. The first-order chi connectivity index (χ1) is 14.8. The van der Waals surface area contributed by atoms with E-state index in [9.17, 15) is 4.79 Å². The van der Waals surface area contributed by atoms with Crippen molar-refractivity contribution in [2.75, 3.05) is 0 Å². The molecule has 3 aromatic carbocycles. The number of benzene rings is 3. The van der Waals surface area contributed by atoms with Crippen LogP contribution in [0.2, 0.25) is 0 Å². The third-order valence-electron chi connectivity index (χ3n) is 4.53. The first kappa shape index (κ1) is 19.3. The van der Waals surface area contributed by atoms with E-state index in [0.717, 1.165) is 16.8 Å². The molecule has 1 aromatic heterocycles. The van der Waals surface area contributed by atoms with Gasteiger partial charge in [-0.2, -0.15) is 0 Å². The molecule has 4 rings (SSSR count). The van der Waals surface area contributed by atoms with Crippen LogP contribution >= 0.6 is 0 Å². The number of ketones is 1. The maximum absolute atomic E-state index is 12.3. The van der Waals surface area contributed by atoms with Crippen LogP contribution in [-0.2, 0) is 13.2 Å². The smallest absolute Gasteiger partial charge is 0.185 e. The molecule has 30 heavy (non-hydrogen) atoms. The van der Waals surface area contributed by atoms with Crippen LogP contribution in [0.4, 0.5) is 0 Å². The van der Waals surface area contributed by atoms with Gasteiger partial charge in [0.05, 0.1) is 12.7 Å². The maximum atomic E-state index is 12.3. The van der Waals surface area contributed by atoms with Crippen molar-refractivity contribution in [3.63, 3.8) is 0 Å². The predicted molar refractivity (Wildman–Crippen MR) is 116 cm³/mol. The molecule has 5 heteroatoms. The molecule has 0 radical (unpaired) electrons. The summed E-state index contributed by atoms with van der Waals surface area (Å²) in [6, 6.07) is 26.9. The van der Waals surface area contributed by atoms with E-state index in [1.807, 2.05) is 60.8 Å². The first-order valence-electron chi connectivity index (χ1n) is 9.69. The zero-order valence-corrected chi connectivity index (χ0v) is 16.4. The lowest BCUT2D eigenvalue weighted by molar-refractivity contribution is 0.104. The molecule has 0 N–H and O–H groups in total. The van der Waals surface area contributed by atoms with Gasteiger partial charge in [0, 0.05) is 5.56 Å². The average molecular weight is 395 g/mol. The van der Waals surface area contributed by atoms with Crippen molar-refractivity contribution in [2.24, 2.45) is 0 Å². The van der Waals surface area contributed by atoms with Crippen molar-refractivity contribution in [1.82, 2.24) is 15.0 Å². The van der Waals surface area contributed by atoms with Gasteiger partial charge < -0.3 is 4.74 Å². The van der Waals surface area contributed by atoms with Crippen LogP contribution in [0.3, 0.4) is 0 Å². The summed E-state index contributed by atoms with van der Waals surface area (Å²) in [5.74, 6) is 0.630. The minimum Gasteiger partial charge on any atom is -0.487 e. The van der Waals surface area contributed by atoms with Gasteiger partial charge in [0.2, 0.25) is 0 Å². The summed E-state index contributed by atoms with van der Waals surface area (Å²) in [6.07, 6.45) is 5.26. The van der Waals surface area contributed by atoms with Crippen molar-refractivity contribution < 1.29 is 9.53 Å². The number of aromatic nitrogens is 3. The molecular formula is C25H21N3O2. The van der Waals surface area contributed by atoms with Crippen molar-refractivity contribution in [2.45, 2.75) is 13.2 Å². The lowest BCUT2D eigenvalue weighted by Gasteiger charge is -2.04. The highest BCUT2D eigenvalue weighted by atomic mass is 16.5. The molecule has 0 saturated heterocycles. The summed E-state index contributed by atoms with van der Waals surface area (Å²) in [6.45, 7) is 0.983. The second-order valence-corrected chi connectivity index (χ2v) is 6.81. The highest BCUT2D eigenvalue weighted by Gasteiger charge is 2.05. The maximum Gasteiger partial charge on any atom is 0.185 e. The van der Waals surface area contributed by atoms with E-state index in [-0.39, 0.29) is 5.78 Å². The van der Waals surface area contributed by atoms with Gasteiger partial charge in [-0.3, -0.25) is 4.79 Å². The molecule has 4 aromatic rings. The highest BCUT2D eigenvalue weighted by molar-refractivity contribution is 6.06. The zero-order valence-electron chi connectivity index (χ0n) is 16.4. The average Bonchev–Trinajstić information content (AvgIpc) is 3.25. The Kier molecular flexibility index (Phi) is 6.11. The minimum absolute atomic E-state index is 0.0470. The molecule has 0 atom stereocenters. The fraction of sp³-hybridized carbons (Fsp3) is 0.0800. The van der Waals surface area contributed by atoms with Crippen LogP contribution in [0.1, 0.15) is 27.2 Å².